The third kappa shape index (κ3) is 2.67. The standard InChI is InChI=1S/C21H22N/c1-15-10-11-19(18-8-6-5-7-9-18)13-20(15)21-12-16(2)17(3)14-22(21)4/h5-14H,1-4H3/q+1/i2D3,3D3. The summed E-state index contributed by atoms with van der Waals surface area (Å²) in [6, 6.07) is 17.4. The van der Waals surface area contributed by atoms with Crippen molar-refractivity contribution in [2.24, 2.45) is 7.05 Å². The normalized spacial score (nSPS) is 15.9. The maximum absolute atomic E-state index is 7.83. The first-order chi connectivity index (χ1) is 13.0. The minimum Gasteiger partial charge on any atom is -0.201 e. The third-order valence-electron chi connectivity index (χ3n) is 3.89. The summed E-state index contributed by atoms with van der Waals surface area (Å²) < 4.78 is 48.3. The minimum absolute atomic E-state index is 0.134. The highest BCUT2D eigenvalue weighted by Crippen LogP contribution is 2.28. The second-order valence-corrected chi connectivity index (χ2v) is 5.49. The second-order valence-electron chi connectivity index (χ2n) is 5.49. The zero-order valence-electron chi connectivity index (χ0n) is 18.7. The Kier molecular flexibility index (Phi) is 2.33. The molecule has 1 heteroatoms. The highest BCUT2D eigenvalue weighted by atomic mass is 14.9. The summed E-state index contributed by atoms with van der Waals surface area (Å²) in [5.74, 6) is 0. The van der Waals surface area contributed by atoms with Gasteiger partial charge in [0.1, 0.15) is 7.05 Å². The van der Waals surface area contributed by atoms with Crippen molar-refractivity contribution in [2.75, 3.05) is 0 Å². The number of hydrogen-bond acceptors (Lipinski definition) is 0. The van der Waals surface area contributed by atoms with Gasteiger partial charge in [-0.15, -0.1) is 0 Å². The van der Waals surface area contributed by atoms with E-state index in [9.17, 15) is 0 Å². The molecule has 2 aromatic carbocycles. The molecule has 110 valence electrons. The molecule has 0 aliphatic heterocycles. The van der Waals surface area contributed by atoms with Crippen LogP contribution in [0.2, 0.25) is 0 Å². The number of rotatable bonds is 2. The summed E-state index contributed by atoms with van der Waals surface area (Å²) in [5, 5.41) is 0. The van der Waals surface area contributed by atoms with Crippen LogP contribution in [0.15, 0.2) is 60.8 Å². The van der Waals surface area contributed by atoms with Crippen LogP contribution in [0, 0.1) is 20.6 Å². The average Bonchev–Trinajstić information content (AvgIpc) is 2.61. The predicted octanol–water partition coefficient (Wildman–Crippen LogP) is 4.77. The van der Waals surface area contributed by atoms with Gasteiger partial charge in [-0.25, -0.2) is 4.57 Å². The molecule has 22 heavy (non-hydrogen) atoms. The lowest BCUT2D eigenvalue weighted by Crippen LogP contribution is -2.31. The average molecular weight is 294 g/mol. The number of pyridine rings is 1. The van der Waals surface area contributed by atoms with Gasteiger partial charge in [0.15, 0.2) is 6.20 Å². The Morgan fingerprint density at radius 3 is 2.32 bits per heavy atom. The Labute approximate surface area is 141 Å². The minimum atomic E-state index is -2.52. The van der Waals surface area contributed by atoms with E-state index >= 15 is 0 Å². The van der Waals surface area contributed by atoms with Gasteiger partial charge in [0.2, 0.25) is 5.69 Å². The monoisotopic (exact) mass is 294 g/mol. The van der Waals surface area contributed by atoms with Gasteiger partial charge in [0.05, 0.1) is 0 Å². The maximum Gasteiger partial charge on any atom is 0.212 e. The topological polar surface area (TPSA) is 3.88 Å². The fraction of sp³-hybridized carbons (Fsp3) is 0.190. The number of benzene rings is 2. The van der Waals surface area contributed by atoms with E-state index in [-0.39, 0.29) is 11.1 Å². The van der Waals surface area contributed by atoms with E-state index in [1.54, 1.807) is 11.6 Å². The molecule has 0 fully saturated rings. The molecule has 0 atom stereocenters. The smallest absolute Gasteiger partial charge is 0.201 e. The molecule has 0 aliphatic rings. The summed E-state index contributed by atoms with van der Waals surface area (Å²) in [6.45, 7) is -3.06. The number of hydrogen-bond donors (Lipinski definition) is 0. The highest BCUT2D eigenvalue weighted by molar-refractivity contribution is 5.73. The third-order valence-corrected chi connectivity index (χ3v) is 3.89. The van der Waals surface area contributed by atoms with Crippen molar-refractivity contribution in [2.45, 2.75) is 20.6 Å². The molecule has 0 N–H and O–H groups in total. The Morgan fingerprint density at radius 1 is 0.818 bits per heavy atom. The van der Waals surface area contributed by atoms with Crippen molar-refractivity contribution in [3.8, 4) is 22.4 Å². The molecule has 1 nitrogen and oxygen atoms in total. The molecular weight excluding hydrogens is 266 g/mol. The molecule has 0 bridgehead atoms. The first-order valence-corrected chi connectivity index (χ1v) is 7.19. The molecule has 0 saturated carbocycles. The van der Waals surface area contributed by atoms with Gasteiger partial charge >= 0.3 is 0 Å². The van der Waals surface area contributed by atoms with Crippen molar-refractivity contribution < 1.29 is 12.8 Å². The van der Waals surface area contributed by atoms with Crippen LogP contribution in [0.5, 0.6) is 0 Å². The van der Waals surface area contributed by atoms with E-state index in [0.717, 1.165) is 22.3 Å². The van der Waals surface area contributed by atoms with Crippen LogP contribution in [-0.2, 0) is 7.05 Å². The number of aromatic nitrogens is 1. The van der Waals surface area contributed by atoms with Gasteiger partial charge in [-0.1, -0.05) is 42.5 Å². The molecule has 3 aromatic rings. The zero-order chi connectivity index (χ0) is 20.7. The van der Waals surface area contributed by atoms with Gasteiger partial charge in [0, 0.05) is 25.4 Å². The Hall–Kier alpha value is -2.41. The second kappa shape index (κ2) is 5.76. The fourth-order valence-electron chi connectivity index (χ4n) is 2.62. The van der Waals surface area contributed by atoms with Gasteiger partial charge < -0.3 is 0 Å². The SMILES string of the molecule is [2H]C([2H])([2H])c1cc(-c2cc(-c3ccccc3)ccc2C)[n+](C)cc1C([2H])([2H])[2H]. The van der Waals surface area contributed by atoms with Crippen LogP contribution in [0.3, 0.4) is 0 Å². The molecule has 1 heterocycles. The quantitative estimate of drug-likeness (QED) is 0.599. The Balaban J connectivity index is 2.25. The van der Waals surface area contributed by atoms with E-state index in [2.05, 4.69) is 0 Å². The van der Waals surface area contributed by atoms with Gasteiger partial charge in [-0.05, 0) is 48.9 Å². The van der Waals surface area contributed by atoms with Gasteiger partial charge in [-0.2, -0.15) is 0 Å². The summed E-state index contributed by atoms with van der Waals surface area (Å²) in [5.41, 5.74) is 4.30. The summed E-state index contributed by atoms with van der Waals surface area (Å²) in [7, 11) is 1.74. The van der Waals surface area contributed by atoms with Crippen LogP contribution in [0.1, 0.15) is 24.9 Å². The molecule has 0 amide bonds. The van der Waals surface area contributed by atoms with Gasteiger partial charge in [0.25, 0.3) is 0 Å². The predicted molar refractivity (Wildman–Crippen MR) is 92.7 cm³/mol. The van der Waals surface area contributed by atoms with E-state index < -0.39 is 13.7 Å². The van der Waals surface area contributed by atoms with Crippen molar-refractivity contribution in [3.05, 3.63) is 77.5 Å². The van der Waals surface area contributed by atoms with Crippen LogP contribution in [0.4, 0.5) is 0 Å². The fourth-order valence-corrected chi connectivity index (χ4v) is 2.62. The van der Waals surface area contributed by atoms with Crippen molar-refractivity contribution >= 4 is 0 Å². The molecule has 0 unspecified atom stereocenters. The van der Waals surface area contributed by atoms with Crippen LogP contribution in [0.25, 0.3) is 22.4 Å². The van der Waals surface area contributed by atoms with Crippen molar-refractivity contribution in [1.29, 1.82) is 0 Å². The van der Waals surface area contributed by atoms with E-state index in [0.29, 0.717) is 5.69 Å². The van der Waals surface area contributed by atoms with Crippen LogP contribution in [-0.4, -0.2) is 0 Å². The lowest BCUT2D eigenvalue weighted by atomic mass is 9.96. The number of aryl methyl sites for hydroxylation is 4. The summed E-state index contributed by atoms with van der Waals surface area (Å²) >= 11 is 0. The number of nitrogens with zero attached hydrogens (tertiary/aromatic N) is 1. The molecule has 0 radical (unpaired) electrons. The zero-order valence-corrected chi connectivity index (χ0v) is 12.7. The van der Waals surface area contributed by atoms with Gasteiger partial charge in [-0.3, -0.25) is 0 Å². The lowest BCUT2D eigenvalue weighted by Gasteiger charge is -2.10. The molecular formula is C21H22N+. The van der Waals surface area contributed by atoms with E-state index in [4.69, 9.17) is 8.22 Å². The lowest BCUT2D eigenvalue weighted by molar-refractivity contribution is -0.660. The molecule has 0 spiro atoms. The molecule has 1 aromatic heterocycles. The summed E-state index contributed by atoms with van der Waals surface area (Å²) in [4.78, 5) is 0. The maximum atomic E-state index is 7.83. The Bertz CT molecular complexity index is 1000. The first-order valence-electron chi connectivity index (χ1n) is 10.2. The molecule has 0 aliphatic carbocycles. The van der Waals surface area contributed by atoms with E-state index in [1.165, 1.54) is 12.3 Å². The van der Waals surface area contributed by atoms with Crippen molar-refractivity contribution in [1.82, 2.24) is 0 Å². The molecule has 0 saturated heterocycles. The largest absolute Gasteiger partial charge is 0.212 e. The summed E-state index contributed by atoms with van der Waals surface area (Å²) in [6.07, 6.45) is 1.42. The Morgan fingerprint density at radius 2 is 1.59 bits per heavy atom. The van der Waals surface area contributed by atoms with Crippen molar-refractivity contribution in [3.63, 3.8) is 0 Å². The first kappa shape index (κ1) is 8.89. The van der Waals surface area contributed by atoms with Crippen LogP contribution >= 0.6 is 0 Å². The highest BCUT2D eigenvalue weighted by Gasteiger charge is 2.15. The molecule has 3 rings (SSSR count). The van der Waals surface area contributed by atoms with E-state index in [1.807, 2.05) is 55.5 Å². The van der Waals surface area contributed by atoms with Crippen LogP contribution < -0.4 is 4.57 Å².